The van der Waals surface area contributed by atoms with Crippen LogP contribution in [0.15, 0.2) is 0 Å². The Hall–Kier alpha value is -1.50. The summed E-state index contributed by atoms with van der Waals surface area (Å²) < 4.78 is 4.55. The molecule has 0 unspecified atom stereocenters. The minimum Gasteiger partial charge on any atom is -0.462 e. The minimum atomic E-state index is -0.318. The lowest BCUT2D eigenvalue weighted by Gasteiger charge is -2.18. The predicted octanol–water partition coefficient (Wildman–Crippen LogP) is 0.625. The van der Waals surface area contributed by atoms with Gasteiger partial charge in [-0.05, 0) is 46.7 Å². The van der Waals surface area contributed by atoms with Crippen LogP contribution in [-0.2, 0) is 9.53 Å². The van der Waals surface area contributed by atoms with E-state index in [1.807, 2.05) is 20.8 Å². The molecular weight excluding hydrogens is 234 g/mol. The van der Waals surface area contributed by atoms with Crippen LogP contribution >= 0.6 is 0 Å². The Balaban J connectivity index is 0.000000203. The molecule has 7 nitrogen and oxygen atoms in total. The number of nitrogens with one attached hydrogen (secondary N) is 2. The molecule has 0 bridgehead atoms. The smallest absolute Gasteiger partial charge is 0.293 e. The van der Waals surface area contributed by atoms with Crippen molar-refractivity contribution in [3.05, 3.63) is 5.82 Å². The normalized spacial score (nSPS) is 16.6. The molecule has 1 aliphatic heterocycles. The highest BCUT2D eigenvalue weighted by Crippen LogP contribution is 2.20. The quantitative estimate of drug-likeness (QED) is 0.753. The van der Waals surface area contributed by atoms with Gasteiger partial charge in [-0.1, -0.05) is 5.21 Å². The highest BCUT2D eigenvalue weighted by atomic mass is 16.5. The molecule has 0 spiro atoms. The fraction of sp³-hybridized carbons (Fsp3) is 0.818. The van der Waals surface area contributed by atoms with Gasteiger partial charge in [-0.2, -0.15) is 5.21 Å². The average Bonchev–Trinajstić information content (AvgIpc) is 2.83. The molecule has 1 aromatic rings. The summed E-state index contributed by atoms with van der Waals surface area (Å²) in [6.45, 7) is 8.06. The Kier molecular flexibility index (Phi) is 5.70. The summed E-state index contributed by atoms with van der Waals surface area (Å²) in [5, 5.41) is 17.2. The van der Waals surface area contributed by atoms with Gasteiger partial charge >= 0.3 is 0 Å². The van der Waals surface area contributed by atoms with Crippen molar-refractivity contribution < 1.29 is 9.53 Å². The topological polar surface area (TPSA) is 92.8 Å². The van der Waals surface area contributed by atoms with E-state index in [9.17, 15) is 4.79 Å². The molecule has 0 amide bonds. The largest absolute Gasteiger partial charge is 0.462 e. The fourth-order valence-electron chi connectivity index (χ4n) is 1.57. The van der Waals surface area contributed by atoms with Gasteiger partial charge in [0.05, 0.1) is 0 Å². The third-order valence-corrected chi connectivity index (χ3v) is 2.47. The number of ether oxygens (including phenoxy) is 1. The van der Waals surface area contributed by atoms with Crippen molar-refractivity contribution in [2.24, 2.45) is 0 Å². The number of H-pyrrole nitrogens is 1. The van der Waals surface area contributed by atoms with E-state index in [2.05, 4.69) is 30.7 Å². The van der Waals surface area contributed by atoms with E-state index in [0.717, 1.165) is 31.8 Å². The first-order valence-corrected chi connectivity index (χ1v) is 6.08. The maximum atomic E-state index is 9.60. The summed E-state index contributed by atoms with van der Waals surface area (Å²) in [4.78, 5) is 9.60. The molecule has 2 rings (SSSR count). The lowest BCUT2D eigenvalue weighted by molar-refractivity contribution is -0.138. The van der Waals surface area contributed by atoms with Gasteiger partial charge in [-0.25, -0.2) is 0 Å². The summed E-state index contributed by atoms with van der Waals surface area (Å²) >= 11 is 0. The van der Waals surface area contributed by atoms with Crippen LogP contribution < -0.4 is 5.32 Å². The lowest BCUT2D eigenvalue weighted by atomic mass is 9.98. The summed E-state index contributed by atoms with van der Waals surface area (Å²) in [5.41, 5.74) is -0.318. The van der Waals surface area contributed by atoms with Gasteiger partial charge in [0.25, 0.3) is 6.47 Å². The third kappa shape index (κ3) is 5.72. The van der Waals surface area contributed by atoms with Gasteiger partial charge in [0, 0.05) is 5.92 Å². The van der Waals surface area contributed by atoms with Crippen LogP contribution in [-0.4, -0.2) is 45.8 Å². The van der Waals surface area contributed by atoms with Gasteiger partial charge in [0.15, 0.2) is 5.82 Å². The summed E-state index contributed by atoms with van der Waals surface area (Å²) in [6, 6.07) is 0. The number of carbonyl (C=O) groups is 1. The van der Waals surface area contributed by atoms with Crippen LogP contribution in [0.25, 0.3) is 0 Å². The van der Waals surface area contributed by atoms with Crippen LogP contribution in [0.1, 0.15) is 45.4 Å². The minimum absolute atomic E-state index is 0.318. The molecule has 0 aliphatic carbocycles. The molecule has 1 aromatic heterocycles. The second-order valence-electron chi connectivity index (χ2n) is 5.12. The van der Waals surface area contributed by atoms with E-state index in [-0.39, 0.29) is 5.60 Å². The Morgan fingerprint density at radius 1 is 1.33 bits per heavy atom. The predicted molar refractivity (Wildman–Crippen MR) is 65.9 cm³/mol. The van der Waals surface area contributed by atoms with Crippen molar-refractivity contribution in [1.82, 2.24) is 25.9 Å². The number of hydrogen-bond acceptors (Lipinski definition) is 6. The molecule has 1 aliphatic rings. The van der Waals surface area contributed by atoms with Crippen LogP contribution in [0.2, 0.25) is 0 Å². The van der Waals surface area contributed by atoms with Crippen molar-refractivity contribution in [2.75, 3.05) is 13.1 Å². The lowest BCUT2D eigenvalue weighted by Crippen LogP contribution is -2.27. The van der Waals surface area contributed by atoms with Crippen molar-refractivity contribution in [2.45, 2.75) is 45.1 Å². The molecule has 0 aromatic carbocycles. The molecule has 0 saturated carbocycles. The van der Waals surface area contributed by atoms with Crippen LogP contribution in [0.4, 0.5) is 0 Å². The van der Waals surface area contributed by atoms with E-state index in [1.165, 1.54) is 0 Å². The zero-order chi connectivity index (χ0) is 13.4. The summed E-state index contributed by atoms with van der Waals surface area (Å²) in [5.74, 6) is 1.38. The molecule has 7 heteroatoms. The number of aromatic amines is 1. The highest BCUT2D eigenvalue weighted by Gasteiger charge is 2.18. The number of piperidine rings is 1. The number of aromatic nitrogens is 4. The van der Waals surface area contributed by atoms with E-state index in [0.29, 0.717) is 12.4 Å². The van der Waals surface area contributed by atoms with E-state index < -0.39 is 0 Å². The van der Waals surface area contributed by atoms with E-state index >= 15 is 0 Å². The average molecular weight is 255 g/mol. The second-order valence-corrected chi connectivity index (χ2v) is 5.12. The van der Waals surface area contributed by atoms with Crippen molar-refractivity contribution >= 4 is 6.47 Å². The van der Waals surface area contributed by atoms with Crippen LogP contribution in [0.5, 0.6) is 0 Å². The fourth-order valence-corrected chi connectivity index (χ4v) is 1.57. The molecule has 2 heterocycles. The first-order valence-electron chi connectivity index (χ1n) is 6.08. The van der Waals surface area contributed by atoms with Gasteiger partial charge in [-0.3, -0.25) is 4.79 Å². The number of carbonyl (C=O) groups excluding carboxylic acids is 1. The van der Waals surface area contributed by atoms with Crippen molar-refractivity contribution in [3.8, 4) is 0 Å². The Morgan fingerprint density at radius 2 is 2.00 bits per heavy atom. The molecule has 1 fully saturated rings. The zero-order valence-corrected chi connectivity index (χ0v) is 11.1. The molecule has 18 heavy (non-hydrogen) atoms. The summed E-state index contributed by atoms with van der Waals surface area (Å²) in [7, 11) is 0. The Labute approximate surface area is 107 Å². The van der Waals surface area contributed by atoms with Crippen LogP contribution in [0, 0.1) is 0 Å². The maximum Gasteiger partial charge on any atom is 0.293 e. The second kappa shape index (κ2) is 7.05. The molecular formula is C11H21N5O2. The third-order valence-electron chi connectivity index (χ3n) is 2.47. The summed E-state index contributed by atoms with van der Waals surface area (Å²) in [6.07, 6.45) is 2.25. The number of rotatable bonds is 2. The number of hydrogen-bond donors (Lipinski definition) is 2. The Morgan fingerprint density at radius 3 is 2.39 bits per heavy atom. The van der Waals surface area contributed by atoms with Crippen molar-refractivity contribution in [3.63, 3.8) is 0 Å². The maximum absolute atomic E-state index is 9.60. The zero-order valence-electron chi connectivity index (χ0n) is 11.1. The molecule has 1 saturated heterocycles. The Bertz CT molecular complexity index is 328. The van der Waals surface area contributed by atoms with Gasteiger partial charge in [0.2, 0.25) is 0 Å². The van der Waals surface area contributed by atoms with Gasteiger partial charge in [0.1, 0.15) is 5.60 Å². The van der Waals surface area contributed by atoms with E-state index in [4.69, 9.17) is 0 Å². The SMILES string of the molecule is C1CC(c2nn[nH]n2)CCN1.CC(C)(C)OC=O. The number of tetrazole rings is 1. The highest BCUT2D eigenvalue weighted by molar-refractivity contribution is 5.37. The first-order chi connectivity index (χ1) is 8.53. The molecule has 0 atom stereocenters. The standard InChI is InChI=1S/C6H11N5.C5H10O2/c1-3-7-4-2-5(1)6-8-10-11-9-6;1-5(2,3)7-4-6/h5,7H,1-4H2,(H,8,9,10,11);4H,1-3H3. The van der Waals surface area contributed by atoms with Crippen LogP contribution in [0.3, 0.4) is 0 Å². The first kappa shape index (κ1) is 14.6. The van der Waals surface area contributed by atoms with Gasteiger partial charge in [-0.15, -0.1) is 10.2 Å². The van der Waals surface area contributed by atoms with Gasteiger partial charge < -0.3 is 10.1 Å². The molecule has 102 valence electrons. The monoisotopic (exact) mass is 255 g/mol. The number of nitrogens with zero attached hydrogens (tertiary/aromatic N) is 3. The van der Waals surface area contributed by atoms with Crippen molar-refractivity contribution in [1.29, 1.82) is 0 Å². The molecule has 2 N–H and O–H groups in total. The molecule has 0 radical (unpaired) electrons. The van der Waals surface area contributed by atoms with E-state index in [1.54, 1.807) is 0 Å².